The molecule has 0 bridgehead atoms. The number of rotatable bonds is 9. The van der Waals surface area contributed by atoms with Gasteiger partial charge in [-0.15, -0.1) is 0 Å². The minimum atomic E-state index is -0.900. The van der Waals surface area contributed by atoms with Crippen LogP contribution in [0.4, 0.5) is 5.13 Å². The van der Waals surface area contributed by atoms with Crippen LogP contribution >= 0.6 is 11.3 Å². The standard InChI is InChI=1S/C30H28N2O6S/c1-4-15-38-22-8-6-7-19(16-22)27(33)25-26(18-9-11-20(12-10-18)37-5-2)32(29(35)28(25)34)30-31-23-14-13-21(36-3)17-24(23)39-30/h6-14,16-17,26,33H,4-5,15H2,1-3H3. The van der Waals surface area contributed by atoms with Crippen molar-refractivity contribution in [3.05, 3.63) is 83.4 Å². The molecule has 1 amide bonds. The number of hydrogen-bond acceptors (Lipinski definition) is 8. The second-order valence-electron chi connectivity index (χ2n) is 8.88. The van der Waals surface area contributed by atoms with E-state index in [1.807, 2.05) is 19.9 Å². The van der Waals surface area contributed by atoms with Gasteiger partial charge in [-0.05, 0) is 61.4 Å². The van der Waals surface area contributed by atoms with Crippen molar-refractivity contribution in [1.82, 2.24) is 4.98 Å². The van der Waals surface area contributed by atoms with Crippen molar-refractivity contribution in [2.75, 3.05) is 25.2 Å². The lowest BCUT2D eigenvalue weighted by atomic mass is 9.95. The number of fused-ring (bicyclic) bond motifs is 1. The van der Waals surface area contributed by atoms with E-state index in [-0.39, 0.29) is 11.3 Å². The van der Waals surface area contributed by atoms with Gasteiger partial charge >= 0.3 is 5.91 Å². The van der Waals surface area contributed by atoms with Gasteiger partial charge in [-0.25, -0.2) is 4.98 Å². The number of aliphatic hydroxyl groups excluding tert-OH is 1. The number of methoxy groups -OCH3 is 1. The van der Waals surface area contributed by atoms with Gasteiger partial charge in [0.15, 0.2) is 5.13 Å². The minimum Gasteiger partial charge on any atom is -0.507 e. The van der Waals surface area contributed by atoms with E-state index in [0.29, 0.717) is 52.2 Å². The second kappa shape index (κ2) is 11.2. The monoisotopic (exact) mass is 544 g/mol. The number of thiazole rings is 1. The van der Waals surface area contributed by atoms with Crippen molar-refractivity contribution in [2.45, 2.75) is 26.3 Å². The van der Waals surface area contributed by atoms with Crippen LogP contribution in [0, 0.1) is 0 Å². The zero-order chi connectivity index (χ0) is 27.5. The number of Topliss-reactive ketones (excluding diaryl/α,β-unsaturated/α-hetero) is 1. The molecule has 39 heavy (non-hydrogen) atoms. The molecule has 0 spiro atoms. The number of carbonyl (C=O) groups excluding carboxylic acids is 2. The van der Waals surface area contributed by atoms with Crippen molar-refractivity contribution in [1.29, 1.82) is 0 Å². The number of nitrogens with zero attached hydrogens (tertiary/aromatic N) is 2. The molecule has 1 aromatic heterocycles. The van der Waals surface area contributed by atoms with Crippen LogP contribution < -0.4 is 19.1 Å². The largest absolute Gasteiger partial charge is 0.507 e. The maximum atomic E-state index is 13.5. The molecule has 1 fully saturated rings. The number of anilines is 1. The maximum Gasteiger partial charge on any atom is 0.301 e. The molecular weight excluding hydrogens is 516 g/mol. The molecule has 1 atom stereocenters. The lowest BCUT2D eigenvalue weighted by molar-refractivity contribution is -0.132. The average Bonchev–Trinajstić information content (AvgIpc) is 3.49. The fraction of sp³-hybridized carbons (Fsp3) is 0.233. The van der Waals surface area contributed by atoms with Crippen molar-refractivity contribution < 1.29 is 28.9 Å². The highest BCUT2D eigenvalue weighted by molar-refractivity contribution is 7.22. The Morgan fingerprint density at radius 1 is 0.974 bits per heavy atom. The van der Waals surface area contributed by atoms with E-state index in [9.17, 15) is 14.7 Å². The number of aromatic nitrogens is 1. The fourth-order valence-corrected chi connectivity index (χ4v) is 5.51. The first kappa shape index (κ1) is 26.2. The highest BCUT2D eigenvalue weighted by Crippen LogP contribution is 2.45. The van der Waals surface area contributed by atoms with E-state index in [1.165, 1.54) is 16.2 Å². The van der Waals surface area contributed by atoms with E-state index in [4.69, 9.17) is 14.2 Å². The Morgan fingerprint density at radius 2 is 1.74 bits per heavy atom. The van der Waals surface area contributed by atoms with Crippen LogP contribution in [-0.2, 0) is 9.59 Å². The van der Waals surface area contributed by atoms with Crippen molar-refractivity contribution in [3.8, 4) is 17.2 Å². The van der Waals surface area contributed by atoms with Gasteiger partial charge < -0.3 is 19.3 Å². The number of amides is 1. The highest BCUT2D eigenvalue weighted by atomic mass is 32.1. The molecule has 5 rings (SSSR count). The second-order valence-corrected chi connectivity index (χ2v) is 9.89. The zero-order valence-electron chi connectivity index (χ0n) is 21.8. The molecule has 4 aromatic rings. The summed E-state index contributed by atoms with van der Waals surface area (Å²) < 4.78 is 17.4. The zero-order valence-corrected chi connectivity index (χ0v) is 22.7. The summed E-state index contributed by atoms with van der Waals surface area (Å²) in [5.74, 6) is 0.0503. The molecule has 2 heterocycles. The van der Waals surface area contributed by atoms with Gasteiger partial charge in [0.1, 0.15) is 23.0 Å². The summed E-state index contributed by atoms with van der Waals surface area (Å²) in [6.07, 6.45) is 0.826. The Bertz CT molecular complexity index is 1560. The third-order valence-corrected chi connectivity index (χ3v) is 7.34. The molecule has 1 N–H and O–H groups in total. The van der Waals surface area contributed by atoms with Gasteiger partial charge in [0.05, 0.1) is 42.2 Å². The normalized spacial score (nSPS) is 16.6. The van der Waals surface area contributed by atoms with E-state index in [0.717, 1.165) is 11.1 Å². The van der Waals surface area contributed by atoms with Gasteiger partial charge in [0.2, 0.25) is 0 Å². The van der Waals surface area contributed by atoms with Crippen LogP contribution in [0.25, 0.3) is 16.0 Å². The Labute approximate surface area is 230 Å². The van der Waals surface area contributed by atoms with E-state index < -0.39 is 17.7 Å². The maximum absolute atomic E-state index is 13.5. The third kappa shape index (κ3) is 5.05. The first-order valence-electron chi connectivity index (χ1n) is 12.7. The van der Waals surface area contributed by atoms with Crippen LogP contribution in [-0.4, -0.2) is 42.1 Å². The number of ether oxygens (including phenoxy) is 3. The van der Waals surface area contributed by atoms with Crippen LogP contribution in [0.5, 0.6) is 17.2 Å². The predicted octanol–water partition coefficient (Wildman–Crippen LogP) is 6.12. The summed E-state index contributed by atoms with van der Waals surface area (Å²) in [7, 11) is 1.58. The Morgan fingerprint density at radius 3 is 2.46 bits per heavy atom. The lowest BCUT2D eigenvalue weighted by Crippen LogP contribution is -2.29. The quantitative estimate of drug-likeness (QED) is 0.154. The van der Waals surface area contributed by atoms with E-state index in [2.05, 4.69) is 4.98 Å². The van der Waals surface area contributed by atoms with Gasteiger partial charge in [0.25, 0.3) is 5.78 Å². The topological polar surface area (TPSA) is 98.2 Å². The number of hydrogen-bond donors (Lipinski definition) is 1. The van der Waals surface area contributed by atoms with Gasteiger partial charge in [-0.2, -0.15) is 0 Å². The van der Waals surface area contributed by atoms with Crippen molar-refractivity contribution in [3.63, 3.8) is 0 Å². The van der Waals surface area contributed by atoms with Crippen LogP contribution in [0.2, 0.25) is 0 Å². The van der Waals surface area contributed by atoms with Crippen LogP contribution in [0.3, 0.4) is 0 Å². The molecule has 1 unspecified atom stereocenters. The molecule has 200 valence electrons. The highest BCUT2D eigenvalue weighted by Gasteiger charge is 2.48. The summed E-state index contributed by atoms with van der Waals surface area (Å²) in [6.45, 7) is 4.91. The summed E-state index contributed by atoms with van der Waals surface area (Å²) >= 11 is 1.27. The summed E-state index contributed by atoms with van der Waals surface area (Å²) in [5.41, 5.74) is 1.67. The molecule has 1 aliphatic rings. The molecule has 0 saturated carbocycles. The molecule has 3 aromatic carbocycles. The molecule has 1 aliphatic heterocycles. The van der Waals surface area contributed by atoms with Crippen molar-refractivity contribution in [2.24, 2.45) is 0 Å². The van der Waals surface area contributed by atoms with Crippen LogP contribution in [0.1, 0.15) is 37.4 Å². The molecule has 0 aliphatic carbocycles. The summed E-state index contributed by atoms with van der Waals surface area (Å²) in [4.78, 5) is 33.1. The minimum absolute atomic E-state index is 0.0198. The molecule has 0 radical (unpaired) electrons. The molecule has 8 nitrogen and oxygen atoms in total. The SMILES string of the molecule is CCCOc1cccc(C(O)=C2C(=O)C(=O)N(c3nc4ccc(OC)cc4s3)C2c2ccc(OCC)cc2)c1. The van der Waals surface area contributed by atoms with Crippen molar-refractivity contribution >= 4 is 44.1 Å². The predicted molar refractivity (Wildman–Crippen MR) is 151 cm³/mol. The number of benzene rings is 3. The van der Waals surface area contributed by atoms with E-state index in [1.54, 1.807) is 67.8 Å². The van der Waals surface area contributed by atoms with Crippen LogP contribution in [0.15, 0.2) is 72.3 Å². The number of aliphatic hydroxyl groups is 1. The summed E-state index contributed by atoms with van der Waals surface area (Å²) in [5, 5.41) is 11.8. The number of ketones is 1. The lowest BCUT2D eigenvalue weighted by Gasteiger charge is -2.23. The third-order valence-electron chi connectivity index (χ3n) is 6.32. The molecular formula is C30H28N2O6S. The Hall–Kier alpha value is -4.37. The Kier molecular flexibility index (Phi) is 7.51. The van der Waals surface area contributed by atoms with Gasteiger partial charge in [-0.1, -0.05) is 42.5 Å². The first-order chi connectivity index (χ1) is 18.9. The average molecular weight is 545 g/mol. The smallest absolute Gasteiger partial charge is 0.301 e. The fourth-order valence-electron chi connectivity index (χ4n) is 4.49. The van der Waals surface area contributed by atoms with Gasteiger partial charge in [0, 0.05) is 5.56 Å². The van der Waals surface area contributed by atoms with E-state index >= 15 is 0 Å². The summed E-state index contributed by atoms with van der Waals surface area (Å²) in [6, 6.07) is 18.5. The molecule has 9 heteroatoms. The first-order valence-corrected chi connectivity index (χ1v) is 13.5. The van der Waals surface area contributed by atoms with Gasteiger partial charge in [-0.3, -0.25) is 14.5 Å². The molecule has 1 saturated heterocycles. The Balaban J connectivity index is 1.66. The number of carbonyl (C=O) groups is 2.